The fourth-order valence-electron chi connectivity index (χ4n) is 2.73. The van der Waals surface area contributed by atoms with Gasteiger partial charge in [-0.1, -0.05) is 5.16 Å². The molecule has 0 saturated carbocycles. The van der Waals surface area contributed by atoms with Gasteiger partial charge in [0, 0.05) is 19.0 Å². The van der Waals surface area contributed by atoms with Crippen molar-refractivity contribution in [1.82, 2.24) is 9.46 Å². The predicted molar refractivity (Wildman–Crippen MR) is 62.7 cm³/mol. The van der Waals surface area contributed by atoms with E-state index in [0.717, 1.165) is 0 Å². The Morgan fingerprint density at radius 3 is 2.63 bits per heavy atom. The first-order chi connectivity index (χ1) is 8.91. The summed E-state index contributed by atoms with van der Waals surface area (Å²) in [5, 5.41) is 3.67. The Morgan fingerprint density at radius 1 is 1.32 bits per heavy atom. The maximum atomic E-state index is 12.5. The van der Waals surface area contributed by atoms with Gasteiger partial charge >= 0.3 is 5.97 Å². The molecule has 1 aromatic heterocycles. The lowest BCUT2D eigenvalue weighted by molar-refractivity contribution is -0.141. The van der Waals surface area contributed by atoms with Crippen LogP contribution in [0.1, 0.15) is 11.5 Å². The van der Waals surface area contributed by atoms with E-state index in [4.69, 9.17) is 9.26 Å². The standard InChI is InChI=1S/C11H14N2O5S/c1-6-10(7(2)18-12-6)19(15,16)13-3-8-5-17-11(14)9(8)4-13/h8-9H,3-5H2,1-2H3/t8-,9-/m1/s1. The molecular formula is C11H14N2O5S. The summed E-state index contributed by atoms with van der Waals surface area (Å²) in [6.07, 6.45) is 0. The van der Waals surface area contributed by atoms with E-state index in [1.807, 2.05) is 0 Å². The van der Waals surface area contributed by atoms with Crippen LogP contribution in [-0.2, 0) is 19.6 Å². The molecule has 2 aliphatic heterocycles. The molecule has 8 heteroatoms. The Morgan fingerprint density at radius 2 is 2.05 bits per heavy atom. The molecule has 0 bridgehead atoms. The number of hydrogen-bond acceptors (Lipinski definition) is 6. The molecule has 0 unspecified atom stereocenters. The van der Waals surface area contributed by atoms with Crippen LogP contribution < -0.4 is 0 Å². The maximum absolute atomic E-state index is 12.5. The highest BCUT2D eigenvalue weighted by Crippen LogP contribution is 2.34. The van der Waals surface area contributed by atoms with E-state index in [-0.39, 0.29) is 35.0 Å². The van der Waals surface area contributed by atoms with E-state index < -0.39 is 10.0 Å². The van der Waals surface area contributed by atoms with Crippen molar-refractivity contribution >= 4 is 16.0 Å². The molecule has 1 aromatic rings. The number of esters is 1. The second kappa shape index (κ2) is 4.04. The van der Waals surface area contributed by atoms with E-state index >= 15 is 0 Å². The zero-order valence-electron chi connectivity index (χ0n) is 10.6. The van der Waals surface area contributed by atoms with E-state index in [0.29, 0.717) is 18.8 Å². The largest absolute Gasteiger partial charge is 0.465 e. The van der Waals surface area contributed by atoms with Crippen LogP contribution in [0.5, 0.6) is 0 Å². The van der Waals surface area contributed by atoms with Crippen molar-refractivity contribution in [3.8, 4) is 0 Å². The Balaban J connectivity index is 1.93. The van der Waals surface area contributed by atoms with E-state index in [9.17, 15) is 13.2 Å². The van der Waals surface area contributed by atoms with Crippen LogP contribution in [0.2, 0.25) is 0 Å². The van der Waals surface area contributed by atoms with Gasteiger partial charge in [-0.15, -0.1) is 0 Å². The lowest BCUT2D eigenvalue weighted by Crippen LogP contribution is -2.31. The van der Waals surface area contributed by atoms with Crippen LogP contribution in [-0.4, -0.2) is 43.5 Å². The summed E-state index contributed by atoms with van der Waals surface area (Å²) in [6, 6.07) is 0. The molecule has 0 aliphatic carbocycles. The van der Waals surface area contributed by atoms with Gasteiger partial charge in [-0.25, -0.2) is 8.42 Å². The number of cyclic esters (lactones) is 1. The molecule has 2 saturated heterocycles. The van der Waals surface area contributed by atoms with Crippen molar-refractivity contribution in [2.24, 2.45) is 11.8 Å². The van der Waals surface area contributed by atoms with Crippen molar-refractivity contribution in [3.63, 3.8) is 0 Å². The van der Waals surface area contributed by atoms with Gasteiger partial charge in [-0.2, -0.15) is 4.31 Å². The molecule has 104 valence electrons. The van der Waals surface area contributed by atoms with Crippen molar-refractivity contribution < 1.29 is 22.5 Å². The zero-order chi connectivity index (χ0) is 13.8. The first kappa shape index (κ1) is 12.6. The van der Waals surface area contributed by atoms with Crippen LogP contribution in [0.3, 0.4) is 0 Å². The maximum Gasteiger partial charge on any atom is 0.310 e. The molecule has 0 radical (unpaired) electrons. The Hall–Kier alpha value is -1.41. The highest BCUT2D eigenvalue weighted by atomic mass is 32.2. The Labute approximate surface area is 110 Å². The third-order valence-electron chi connectivity index (χ3n) is 3.72. The third-order valence-corrected chi connectivity index (χ3v) is 5.79. The van der Waals surface area contributed by atoms with Gasteiger partial charge < -0.3 is 9.26 Å². The average Bonchev–Trinajstić information content (AvgIpc) is 2.97. The van der Waals surface area contributed by atoms with Crippen LogP contribution in [0, 0.1) is 25.7 Å². The molecule has 3 rings (SSSR count). The fraction of sp³-hybridized carbons (Fsp3) is 0.636. The second-order valence-electron chi connectivity index (χ2n) is 4.97. The third kappa shape index (κ3) is 1.78. The van der Waals surface area contributed by atoms with Gasteiger partial charge in [-0.05, 0) is 13.8 Å². The summed E-state index contributed by atoms with van der Waals surface area (Å²) in [6.45, 7) is 3.95. The van der Waals surface area contributed by atoms with Crippen molar-refractivity contribution in [2.45, 2.75) is 18.7 Å². The predicted octanol–water partition coefficient (Wildman–Crippen LogP) is 0.0849. The molecule has 0 spiro atoms. The summed E-state index contributed by atoms with van der Waals surface area (Å²) in [5.41, 5.74) is 0.345. The molecule has 2 atom stereocenters. The number of rotatable bonds is 2. The van der Waals surface area contributed by atoms with Gasteiger partial charge in [0.25, 0.3) is 0 Å². The SMILES string of the molecule is Cc1noc(C)c1S(=O)(=O)N1C[C@@H]2COC(=O)[C@@H]2C1. The number of carbonyl (C=O) groups is 1. The van der Waals surface area contributed by atoms with E-state index in [1.54, 1.807) is 13.8 Å². The molecular weight excluding hydrogens is 272 g/mol. The number of ether oxygens (including phenoxy) is 1. The zero-order valence-corrected chi connectivity index (χ0v) is 11.4. The van der Waals surface area contributed by atoms with Crippen LogP contribution in [0.15, 0.2) is 9.42 Å². The van der Waals surface area contributed by atoms with E-state index in [1.165, 1.54) is 4.31 Å². The monoisotopic (exact) mass is 286 g/mol. The van der Waals surface area contributed by atoms with Crippen LogP contribution in [0.25, 0.3) is 0 Å². The van der Waals surface area contributed by atoms with Crippen LogP contribution >= 0.6 is 0 Å². The minimum absolute atomic E-state index is 0.0391. The number of sulfonamides is 1. The molecule has 2 aliphatic rings. The summed E-state index contributed by atoms with van der Waals surface area (Å²) < 4.78 is 36.3. The van der Waals surface area contributed by atoms with Gasteiger partial charge in [0.05, 0.1) is 12.5 Å². The summed E-state index contributed by atoms with van der Waals surface area (Å²) in [4.78, 5) is 11.6. The summed E-state index contributed by atoms with van der Waals surface area (Å²) in [7, 11) is -3.65. The number of aryl methyl sites for hydroxylation is 2. The Kier molecular flexibility index (Phi) is 2.68. The minimum Gasteiger partial charge on any atom is -0.465 e. The van der Waals surface area contributed by atoms with Crippen molar-refractivity contribution in [1.29, 1.82) is 0 Å². The van der Waals surface area contributed by atoms with Crippen molar-refractivity contribution in [2.75, 3.05) is 19.7 Å². The average molecular weight is 286 g/mol. The second-order valence-corrected chi connectivity index (χ2v) is 6.85. The first-order valence-electron chi connectivity index (χ1n) is 6.01. The highest BCUT2D eigenvalue weighted by Gasteiger charge is 2.48. The smallest absolute Gasteiger partial charge is 0.310 e. The van der Waals surface area contributed by atoms with Gasteiger partial charge in [-0.3, -0.25) is 4.79 Å². The summed E-state index contributed by atoms with van der Waals surface area (Å²) in [5.74, 6) is -0.406. The molecule has 0 aromatic carbocycles. The fourth-order valence-corrected chi connectivity index (χ4v) is 4.55. The number of carbonyl (C=O) groups excluding carboxylic acids is 1. The number of hydrogen-bond donors (Lipinski definition) is 0. The molecule has 3 heterocycles. The van der Waals surface area contributed by atoms with Gasteiger partial charge in [0.1, 0.15) is 10.6 Å². The molecule has 0 N–H and O–H groups in total. The first-order valence-corrected chi connectivity index (χ1v) is 7.45. The van der Waals surface area contributed by atoms with Crippen molar-refractivity contribution in [3.05, 3.63) is 11.5 Å². The lowest BCUT2D eigenvalue weighted by Gasteiger charge is -2.16. The molecule has 0 amide bonds. The molecule has 7 nitrogen and oxygen atoms in total. The van der Waals surface area contributed by atoms with Gasteiger partial charge in [0.15, 0.2) is 5.76 Å². The van der Waals surface area contributed by atoms with Crippen LogP contribution in [0.4, 0.5) is 0 Å². The topological polar surface area (TPSA) is 89.7 Å². The normalized spacial score (nSPS) is 27.6. The number of fused-ring (bicyclic) bond motifs is 1. The Bertz CT molecular complexity index is 616. The van der Waals surface area contributed by atoms with Gasteiger partial charge in [0.2, 0.25) is 10.0 Å². The number of aromatic nitrogens is 1. The quantitative estimate of drug-likeness (QED) is 0.715. The lowest BCUT2D eigenvalue weighted by atomic mass is 10.0. The minimum atomic E-state index is -3.65. The number of nitrogens with zero attached hydrogens (tertiary/aromatic N) is 2. The molecule has 2 fully saturated rings. The summed E-state index contributed by atoms with van der Waals surface area (Å²) >= 11 is 0. The van der Waals surface area contributed by atoms with E-state index in [2.05, 4.69) is 5.16 Å². The molecule has 19 heavy (non-hydrogen) atoms. The highest BCUT2D eigenvalue weighted by molar-refractivity contribution is 7.89.